The fourth-order valence-corrected chi connectivity index (χ4v) is 4.72. The number of fused-ring (bicyclic) bond motifs is 1. The summed E-state index contributed by atoms with van der Waals surface area (Å²) >= 11 is 6.65. The SMILES string of the molecule is CC(=O)Cc1ccc(Oc2nc3cc(C4C=CC(C5=CCC=CC=C5)=CC4)c(Cl)cc3o2)cc1C. The number of allylic oxidation sites excluding steroid dienone is 10. The molecule has 1 atom stereocenters. The largest absolute Gasteiger partial charge is 0.411 e. The van der Waals surface area contributed by atoms with Gasteiger partial charge in [0.15, 0.2) is 5.58 Å². The number of hydrogen-bond acceptors (Lipinski definition) is 4. The summed E-state index contributed by atoms with van der Waals surface area (Å²) in [5.74, 6) is 0.905. The number of hydrogen-bond donors (Lipinski definition) is 0. The molecule has 1 unspecified atom stereocenters. The highest BCUT2D eigenvalue weighted by molar-refractivity contribution is 6.32. The van der Waals surface area contributed by atoms with Crippen LogP contribution in [-0.4, -0.2) is 10.8 Å². The Kier molecular flexibility index (Phi) is 6.56. The van der Waals surface area contributed by atoms with Crippen molar-refractivity contribution in [3.63, 3.8) is 0 Å². The highest BCUT2D eigenvalue weighted by Crippen LogP contribution is 2.37. The molecule has 176 valence electrons. The highest BCUT2D eigenvalue weighted by Gasteiger charge is 2.19. The van der Waals surface area contributed by atoms with Crippen LogP contribution in [0.15, 0.2) is 94.5 Å². The topological polar surface area (TPSA) is 52.3 Å². The minimum absolute atomic E-state index is 0.128. The second kappa shape index (κ2) is 9.93. The number of rotatable bonds is 6. The molecule has 1 heterocycles. The molecule has 3 aromatic rings. The number of ketones is 1. The second-order valence-corrected chi connectivity index (χ2v) is 9.34. The number of carbonyl (C=O) groups excluding carboxylic acids is 1. The van der Waals surface area contributed by atoms with E-state index in [0.717, 1.165) is 29.5 Å². The zero-order valence-corrected chi connectivity index (χ0v) is 20.5. The zero-order chi connectivity index (χ0) is 24.4. The van der Waals surface area contributed by atoms with E-state index in [1.54, 1.807) is 6.92 Å². The van der Waals surface area contributed by atoms with Crippen LogP contribution in [0.4, 0.5) is 0 Å². The maximum Gasteiger partial charge on any atom is 0.400 e. The van der Waals surface area contributed by atoms with Gasteiger partial charge in [-0.1, -0.05) is 66.3 Å². The molecule has 0 N–H and O–H groups in total. The fourth-order valence-electron chi connectivity index (χ4n) is 4.43. The maximum atomic E-state index is 11.4. The molecule has 0 radical (unpaired) electrons. The number of aryl methyl sites for hydroxylation is 1. The maximum absolute atomic E-state index is 11.4. The van der Waals surface area contributed by atoms with E-state index in [-0.39, 0.29) is 17.8 Å². The molecule has 5 heteroatoms. The first kappa shape index (κ1) is 23.1. The lowest BCUT2D eigenvalue weighted by molar-refractivity contribution is -0.116. The van der Waals surface area contributed by atoms with E-state index in [1.807, 2.05) is 37.3 Å². The second-order valence-electron chi connectivity index (χ2n) is 8.93. The summed E-state index contributed by atoms with van der Waals surface area (Å²) in [6, 6.07) is 9.40. The van der Waals surface area contributed by atoms with Gasteiger partial charge in [0.1, 0.15) is 17.0 Å². The Balaban J connectivity index is 1.34. The minimum Gasteiger partial charge on any atom is -0.411 e. The standard InChI is InChI=1S/C30H26ClNO3/c1-19-15-25(14-13-24(19)16-20(2)33)34-30-32-28-17-26(27(31)18-29(28)35-30)23-11-9-22(10-12-23)21-7-5-3-4-6-8-21/h3-5,7-11,13-15,17-18,23H,6,12,16H2,1-2H3. The molecule has 2 aliphatic carbocycles. The number of benzene rings is 2. The number of oxazole rings is 1. The van der Waals surface area contributed by atoms with Crippen molar-refractivity contribution in [2.75, 3.05) is 0 Å². The van der Waals surface area contributed by atoms with Crippen LogP contribution in [0.25, 0.3) is 11.1 Å². The van der Waals surface area contributed by atoms with E-state index in [4.69, 9.17) is 20.8 Å². The Morgan fingerprint density at radius 2 is 2.00 bits per heavy atom. The Hall–Kier alpha value is -3.63. The van der Waals surface area contributed by atoms with E-state index in [1.165, 1.54) is 11.1 Å². The summed E-state index contributed by atoms with van der Waals surface area (Å²) in [5.41, 5.74) is 6.75. The Bertz CT molecular complexity index is 1450. The first-order valence-electron chi connectivity index (χ1n) is 11.7. The Morgan fingerprint density at radius 3 is 2.77 bits per heavy atom. The van der Waals surface area contributed by atoms with Gasteiger partial charge in [0.2, 0.25) is 0 Å². The van der Waals surface area contributed by atoms with Crippen molar-refractivity contribution in [3.8, 4) is 11.8 Å². The van der Waals surface area contributed by atoms with E-state index in [2.05, 4.69) is 53.6 Å². The lowest BCUT2D eigenvalue weighted by Gasteiger charge is -2.18. The number of ether oxygens (including phenoxy) is 1. The smallest absolute Gasteiger partial charge is 0.400 e. The number of aromatic nitrogens is 1. The third-order valence-electron chi connectivity index (χ3n) is 6.28. The predicted molar refractivity (Wildman–Crippen MR) is 140 cm³/mol. The lowest BCUT2D eigenvalue weighted by atomic mass is 9.87. The van der Waals surface area contributed by atoms with Crippen molar-refractivity contribution in [1.82, 2.24) is 4.98 Å². The summed E-state index contributed by atoms with van der Waals surface area (Å²) in [6.45, 7) is 3.55. The van der Waals surface area contributed by atoms with Crippen LogP contribution in [0.1, 0.15) is 42.4 Å². The van der Waals surface area contributed by atoms with Crippen molar-refractivity contribution in [2.45, 2.75) is 39.0 Å². The average molecular weight is 484 g/mol. The summed E-state index contributed by atoms with van der Waals surface area (Å²) in [4.78, 5) is 16.0. The monoisotopic (exact) mass is 483 g/mol. The van der Waals surface area contributed by atoms with E-state index < -0.39 is 0 Å². The third kappa shape index (κ3) is 5.23. The van der Waals surface area contributed by atoms with Gasteiger partial charge in [-0.25, -0.2) is 0 Å². The van der Waals surface area contributed by atoms with Crippen molar-refractivity contribution in [3.05, 3.63) is 112 Å². The average Bonchev–Trinajstić information content (AvgIpc) is 3.02. The molecular weight excluding hydrogens is 458 g/mol. The summed E-state index contributed by atoms with van der Waals surface area (Å²) < 4.78 is 11.7. The molecule has 0 saturated heterocycles. The van der Waals surface area contributed by atoms with Crippen LogP contribution in [0.2, 0.25) is 5.02 Å². The number of carbonyl (C=O) groups is 1. The molecule has 5 rings (SSSR count). The molecule has 0 aliphatic heterocycles. The van der Waals surface area contributed by atoms with Crippen molar-refractivity contribution in [2.24, 2.45) is 0 Å². The molecule has 1 aromatic heterocycles. The number of nitrogens with zero attached hydrogens (tertiary/aromatic N) is 1. The highest BCUT2D eigenvalue weighted by atomic mass is 35.5. The van der Waals surface area contributed by atoms with E-state index in [0.29, 0.717) is 28.3 Å². The first-order valence-corrected chi connectivity index (χ1v) is 12.1. The van der Waals surface area contributed by atoms with Gasteiger partial charge in [-0.2, -0.15) is 4.98 Å². The van der Waals surface area contributed by atoms with Crippen LogP contribution in [0.3, 0.4) is 0 Å². The van der Waals surface area contributed by atoms with Crippen LogP contribution >= 0.6 is 11.6 Å². The van der Waals surface area contributed by atoms with Gasteiger partial charge < -0.3 is 9.15 Å². The third-order valence-corrected chi connectivity index (χ3v) is 6.60. The minimum atomic E-state index is 0.128. The van der Waals surface area contributed by atoms with Crippen molar-refractivity contribution >= 4 is 28.5 Å². The van der Waals surface area contributed by atoms with Gasteiger partial charge in [-0.05, 0) is 72.7 Å². The summed E-state index contributed by atoms with van der Waals surface area (Å²) in [6.07, 6.45) is 19.7. The van der Waals surface area contributed by atoms with Crippen molar-refractivity contribution < 1.29 is 13.9 Å². The molecule has 0 spiro atoms. The van der Waals surface area contributed by atoms with Gasteiger partial charge in [0.05, 0.1) is 0 Å². The van der Waals surface area contributed by atoms with Crippen LogP contribution in [-0.2, 0) is 11.2 Å². The molecule has 4 nitrogen and oxygen atoms in total. The van der Waals surface area contributed by atoms with Crippen molar-refractivity contribution in [1.29, 1.82) is 0 Å². The molecule has 0 saturated carbocycles. The molecular formula is C30H26ClNO3. The zero-order valence-electron chi connectivity index (χ0n) is 19.8. The van der Waals surface area contributed by atoms with Gasteiger partial charge in [0.25, 0.3) is 0 Å². The first-order chi connectivity index (χ1) is 17.0. The molecule has 0 fully saturated rings. The van der Waals surface area contributed by atoms with E-state index in [9.17, 15) is 4.79 Å². The van der Waals surface area contributed by atoms with Gasteiger partial charge >= 0.3 is 6.08 Å². The number of halogens is 1. The molecule has 35 heavy (non-hydrogen) atoms. The summed E-state index contributed by atoms with van der Waals surface area (Å²) in [7, 11) is 0. The van der Waals surface area contributed by atoms with E-state index >= 15 is 0 Å². The molecule has 2 aromatic carbocycles. The lowest BCUT2D eigenvalue weighted by Crippen LogP contribution is -2.00. The van der Waals surface area contributed by atoms with Gasteiger partial charge in [-0.3, -0.25) is 4.79 Å². The molecule has 2 aliphatic rings. The molecule has 0 bridgehead atoms. The quantitative estimate of drug-likeness (QED) is 0.355. The normalized spacial score (nSPS) is 17.3. The Labute approximate surface area is 210 Å². The van der Waals surface area contributed by atoms with Crippen LogP contribution in [0.5, 0.6) is 11.8 Å². The molecule has 0 amide bonds. The predicted octanol–water partition coefficient (Wildman–Crippen LogP) is 8.13. The van der Waals surface area contributed by atoms with Crippen LogP contribution in [0, 0.1) is 6.92 Å². The van der Waals surface area contributed by atoms with Crippen LogP contribution < -0.4 is 4.74 Å². The Morgan fingerprint density at radius 1 is 1.14 bits per heavy atom. The van der Waals surface area contributed by atoms with Gasteiger partial charge in [0, 0.05) is 23.4 Å². The summed E-state index contributed by atoms with van der Waals surface area (Å²) in [5, 5.41) is 0.647. The number of Topliss-reactive ketones (excluding diaryl/α,β-unsaturated/α-hetero) is 1. The fraction of sp³-hybridized carbons (Fsp3) is 0.200. The van der Waals surface area contributed by atoms with Gasteiger partial charge in [-0.15, -0.1) is 0 Å².